The maximum Gasteiger partial charge on any atom is 0.341 e. The fourth-order valence-electron chi connectivity index (χ4n) is 1.55. The van der Waals surface area contributed by atoms with Crippen LogP contribution < -0.4 is 10.1 Å². The number of carbonyl (C=O) groups excluding carboxylic acids is 1. The van der Waals surface area contributed by atoms with E-state index in [0.717, 1.165) is 0 Å². The second kappa shape index (κ2) is 5.87. The van der Waals surface area contributed by atoms with E-state index >= 15 is 0 Å². The number of ether oxygens (including phenoxy) is 1. The molecular formula is C13H13N3O4. The zero-order chi connectivity index (χ0) is 14.5. The Morgan fingerprint density at radius 2 is 2.15 bits per heavy atom. The number of aryl methyl sites for hydroxylation is 1. The summed E-state index contributed by atoms with van der Waals surface area (Å²) in [7, 11) is 1.76. The van der Waals surface area contributed by atoms with Gasteiger partial charge in [0.05, 0.1) is 12.0 Å². The number of anilines is 1. The molecule has 0 saturated carbocycles. The predicted molar refractivity (Wildman–Crippen MR) is 70.7 cm³/mol. The van der Waals surface area contributed by atoms with Crippen LogP contribution >= 0.6 is 0 Å². The number of carboxylic acid groups (broad SMARTS) is 1. The van der Waals surface area contributed by atoms with Crippen molar-refractivity contribution in [1.82, 2.24) is 9.55 Å². The van der Waals surface area contributed by atoms with E-state index in [9.17, 15) is 9.59 Å². The van der Waals surface area contributed by atoms with E-state index in [2.05, 4.69) is 10.3 Å². The molecule has 20 heavy (non-hydrogen) atoms. The molecule has 0 unspecified atom stereocenters. The molecule has 1 heterocycles. The van der Waals surface area contributed by atoms with E-state index in [1.165, 1.54) is 6.33 Å². The third kappa shape index (κ3) is 3.35. The first-order chi connectivity index (χ1) is 9.56. The molecule has 0 radical (unpaired) electrons. The first-order valence-corrected chi connectivity index (χ1v) is 5.79. The average Bonchev–Trinajstić information content (AvgIpc) is 2.84. The van der Waals surface area contributed by atoms with Gasteiger partial charge in [0.2, 0.25) is 0 Å². The molecule has 0 saturated heterocycles. The molecule has 0 bridgehead atoms. The van der Waals surface area contributed by atoms with E-state index in [4.69, 9.17) is 9.84 Å². The Bertz CT molecular complexity index is 636. The Morgan fingerprint density at radius 1 is 1.40 bits per heavy atom. The van der Waals surface area contributed by atoms with E-state index < -0.39 is 18.5 Å². The van der Waals surface area contributed by atoms with Crippen LogP contribution in [0.25, 0.3) is 0 Å². The SMILES string of the molecule is Cn1cnc(C(=O)Nc2ccccc2OCC(=O)O)c1. The minimum atomic E-state index is -1.09. The summed E-state index contributed by atoms with van der Waals surface area (Å²) >= 11 is 0. The molecule has 104 valence electrons. The van der Waals surface area contributed by atoms with Gasteiger partial charge in [-0.15, -0.1) is 0 Å². The van der Waals surface area contributed by atoms with Crippen LogP contribution in [0.15, 0.2) is 36.8 Å². The first kappa shape index (κ1) is 13.6. The van der Waals surface area contributed by atoms with Crippen LogP contribution in [0.2, 0.25) is 0 Å². The normalized spacial score (nSPS) is 10.1. The van der Waals surface area contributed by atoms with Crippen molar-refractivity contribution >= 4 is 17.6 Å². The Hall–Kier alpha value is -2.83. The van der Waals surface area contributed by atoms with Gasteiger partial charge in [0.25, 0.3) is 5.91 Å². The van der Waals surface area contributed by atoms with E-state index in [1.54, 1.807) is 42.1 Å². The molecule has 2 rings (SSSR count). The molecule has 0 fully saturated rings. The number of nitrogens with one attached hydrogen (secondary N) is 1. The number of imidazole rings is 1. The number of rotatable bonds is 5. The Balaban J connectivity index is 2.12. The quantitative estimate of drug-likeness (QED) is 0.853. The fraction of sp³-hybridized carbons (Fsp3) is 0.154. The lowest BCUT2D eigenvalue weighted by molar-refractivity contribution is -0.139. The van der Waals surface area contributed by atoms with Gasteiger partial charge in [0, 0.05) is 13.2 Å². The molecule has 2 N–H and O–H groups in total. The molecule has 0 aliphatic carbocycles. The summed E-state index contributed by atoms with van der Waals surface area (Å²) in [5.74, 6) is -1.19. The molecule has 0 aliphatic rings. The number of carboxylic acids is 1. The standard InChI is InChI=1S/C13H13N3O4/c1-16-6-10(14-8-16)13(19)15-9-4-2-3-5-11(9)20-7-12(17)18/h2-6,8H,7H2,1H3,(H,15,19)(H,17,18). The lowest BCUT2D eigenvalue weighted by atomic mass is 10.3. The highest BCUT2D eigenvalue weighted by molar-refractivity contribution is 6.03. The fourth-order valence-corrected chi connectivity index (χ4v) is 1.55. The third-order valence-electron chi connectivity index (χ3n) is 2.42. The van der Waals surface area contributed by atoms with Crippen LogP contribution in [0.3, 0.4) is 0 Å². The van der Waals surface area contributed by atoms with Gasteiger partial charge in [-0.05, 0) is 12.1 Å². The van der Waals surface area contributed by atoms with Gasteiger partial charge in [0.1, 0.15) is 11.4 Å². The largest absolute Gasteiger partial charge is 0.480 e. The number of amides is 1. The second-order valence-corrected chi connectivity index (χ2v) is 4.06. The summed E-state index contributed by atoms with van der Waals surface area (Å²) in [5, 5.41) is 11.2. The molecule has 0 aliphatic heterocycles. The van der Waals surface area contributed by atoms with Gasteiger partial charge in [-0.25, -0.2) is 9.78 Å². The van der Waals surface area contributed by atoms with E-state index in [0.29, 0.717) is 11.4 Å². The zero-order valence-corrected chi connectivity index (χ0v) is 10.7. The van der Waals surface area contributed by atoms with Crippen molar-refractivity contribution in [1.29, 1.82) is 0 Å². The van der Waals surface area contributed by atoms with E-state index in [1.807, 2.05) is 0 Å². The van der Waals surface area contributed by atoms with Gasteiger partial charge >= 0.3 is 5.97 Å². The smallest absolute Gasteiger partial charge is 0.341 e. The minimum Gasteiger partial charge on any atom is -0.480 e. The average molecular weight is 275 g/mol. The first-order valence-electron chi connectivity index (χ1n) is 5.79. The summed E-state index contributed by atoms with van der Waals surface area (Å²) in [6.45, 7) is -0.476. The van der Waals surface area contributed by atoms with Gasteiger partial charge in [0.15, 0.2) is 6.61 Å². The summed E-state index contributed by atoms with van der Waals surface area (Å²) in [5.41, 5.74) is 0.657. The highest BCUT2D eigenvalue weighted by Crippen LogP contribution is 2.24. The summed E-state index contributed by atoms with van der Waals surface area (Å²) in [4.78, 5) is 26.4. The molecule has 1 aromatic heterocycles. The number of aromatic nitrogens is 2. The van der Waals surface area contributed by atoms with Crippen LogP contribution in [0.5, 0.6) is 5.75 Å². The minimum absolute atomic E-state index is 0.264. The predicted octanol–water partition coefficient (Wildman–Crippen LogP) is 1.14. The molecule has 1 amide bonds. The van der Waals surface area contributed by atoms with Crippen LogP contribution in [-0.2, 0) is 11.8 Å². The van der Waals surface area contributed by atoms with Gasteiger partial charge < -0.3 is 19.7 Å². The summed E-state index contributed by atoms with van der Waals surface area (Å²) in [6, 6.07) is 6.60. The second-order valence-electron chi connectivity index (χ2n) is 4.06. The number of hydrogen-bond acceptors (Lipinski definition) is 4. The number of carbonyl (C=O) groups is 2. The van der Waals surface area contributed by atoms with Crippen LogP contribution in [0, 0.1) is 0 Å². The Kier molecular flexibility index (Phi) is 3.99. The maximum absolute atomic E-state index is 12.0. The number of hydrogen-bond donors (Lipinski definition) is 2. The molecule has 0 spiro atoms. The lowest BCUT2D eigenvalue weighted by Gasteiger charge is -2.10. The van der Waals surface area contributed by atoms with Gasteiger partial charge in [-0.2, -0.15) is 0 Å². The molecule has 2 aromatic rings. The van der Waals surface area contributed by atoms with Crippen LogP contribution in [0.1, 0.15) is 10.5 Å². The van der Waals surface area contributed by atoms with E-state index in [-0.39, 0.29) is 5.69 Å². The summed E-state index contributed by atoms with van der Waals surface area (Å²) < 4.78 is 6.76. The maximum atomic E-state index is 12.0. The molecule has 7 nitrogen and oxygen atoms in total. The topological polar surface area (TPSA) is 93.5 Å². The Morgan fingerprint density at radius 3 is 2.80 bits per heavy atom. The van der Waals surface area contributed by atoms with Crippen molar-refractivity contribution in [3.8, 4) is 5.75 Å². The zero-order valence-electron chi connectivity index (χ0n) is 10.7. The van der Waals surface area contributed by atoms with Crippen molar-refractivity contribution in [3.05, 3.63) is 42.5 Å². The highest BCUT2D eigenvalue weighted by atomic mass is 16.5. The van der Waals surface area contributed by atoms with Gasteiger partial charge in [-0.1, -0.05) is 12.1 Å². The van der Waals surface area contributed by atoms with Crippen molar-refractivity contribution in [2.24, 2.45) is 7.05 Å². The van der Waals surface area contributed by atoms with Crippen LogP contribution in [-0.4, -0.2) is 33.1 Å². The number of aliphatic carboxylic acids is 1. The van der Waals surface area contributed by atoms with Crippen molar-refractivity contribution in [3.63, 3.8) is 0 Å². The molecule has 0 atom stereocenters. The molecule has 1 aromatic carbocycles. The third-order valence-corrected chi connectivity index (χ3v) is 2.42. The van der Waals surface area contributed by atoms with Crippen LogP contribution in [0.4, 0.5) is 5.69 Å². The number of nitrogens with zero attached hydrogens (tertiary/aromatic N) is 2. The highest BCUT2D eigenvalue weighted by Gasteiger charge is 2.12. The monoisotopic (exact) mass is 275 g/mol. The Labute approximate surface area is 114 Å². The molecule has 7 heteroatoms. The summed E-state index contributed by atoms with van der Waals surface area (Å²) in [6.07, 6.45) is 3.10. The van der Waals surface area contributed by atoms with Crippen molar-refractivity contribution in [2.45, 2.75) is 0 Å². The van der Waals surface area contributed by atoms with Crippen molar-refractivity contribution < 1.29 is 19.4 Å². The molecular weight excluding hydrogens is 262 g/mol. The van der Waals surface area contributed by atoms with Gasteiger partial charge in [-0.3, -0.25) is 4.79 Å². The van der Waals surface area contributed by atoms with Crippen molar-refractivity contribution in [2.75, 3.05) is 11.9 Å². The number of benzene rings is 1. The number of para-hydroxylation sites is 2. The lowest BCUT2D eigenvalue weighted by Crippen LogP contribution is -2.15.